The van der Waals surface area contributed by atoms with Crippen LogP contribution in [0, 0.1) is 0 Å². The summed E-state index contributed by atoms with van der Waals surface area (Å²) in [7, 11) is 0. The van der Waals surface area contributed by atoms with Crippen molar-refractivity contribution >= 4 is 12.0 Å². The van der Waals surface area contributed by atoms with Crippen LogP contribution in [0.15, 0.2) is 65.8 Å². The molecule has 19 heavy (non-hydrogen) atoms. The Kier molecular flexibility index (Phi) is 3.07. The standard InChI is InChI=1S/C17H13NO/c19-12-13-3-1-4-16(11-13)14-6-8-15(9-7-14)17-5-2-10-18-17/h1-4,6-12H,5H2. The molecule has 0 amide bonds. The number of hydrogen-bond donors (Lipinski definition) is 0. The lowest BCUT2D eigenvalue weighted by molar-refractivity contribution is 0.112. The third-order valence-corrected chi connectivity index (χ3v) is 3.22. The summed E-state index contributed by atoms with van der Waals surface area (Å²) in [4.78, 5) is 15.1. The molecule has 2 aromatic rings. The first-order valence-electron chi connectivity index (χ1n) is 6.24. The second-order valence-electron chi connectivity index (χ2n) is 4.49. The molecular formula is C17H13NO. The summed E-state index contributed by atoms with van der Waals surface area (Å²) in [5, 5.41) is 0. The molecule has 1 aliphatic heterocycles. The van der Waals surface area contributed by atoms with E-state index in [1.54, 1.807) is 0 Å². The molecule has 0 spiro atoms. The van der Waals surface area contributed by atoms with Crippen LogP contribution < -0.4 is 0 Å². The van der Waals surface area contributed by atoms with Crippen molar-refractivity contribution in [2.24, 2.45) is 4.99 Å². The maximum atomic E-state index is 10.8. The van der Waals surface area contributed by atoms with Gasteiger partial charge < -0.3 is 0 Å². The SMILES string of the molecule is O=Cc1cccc(-c2ccc(C3=NC=CC3)cc2)c1. The van der Waals surface area contributed by atoms with Gasteiger partial charge in [-0.3, -0.25) is 9.79 Å². The van der Waals surface area contributed by atoms with E-state index in [-0.39, 0.29) is 0 Å². The van der Waals surface area contributed by atoms with Crippen LogP contribution in [-0.4, -0.2) is 12.0 Å². The molecule has 0 N–H and O–H groups in total. The van der Waals surface area contributed by atoms with E-state index in [1.165, 1.54) is 0 Å². The molecule has 0 radical (unpaired) electrons. The summed E-state index contributed by atoms with van der Waals surface area (Å²) in [5.41, 5.74) is 5.13. The summed E-state index contributed by atoms with van der Waals surface area (Å²) < 4.78 is 0. The van der Waals surface area contributed by atoms with Gasteiger partial charge in [-0.05, 0) is 22.8 Å². The highest BCUT2D eigenvalue weighted by atomic mass is 16.1. The Hall–Kier alpha value is -2.48. The molecule has 0 saturated carbocycles. The fraction of sp³-hybridized carbons (Fsp3) is 0.0588. The van der Waals surface area contributed by atoms with Gasteiger partial charge in [-0.25, -0.2) is 0 Å². The second-order valence-corrected chi connectivity index (χ2v) is 4.49. The second kappa shape index (κ2) is 5.02. The molecule has 2 heteroatoms. The molecule has 3 rings (SSSR count). The lowest BCUT2D eigenvalue weighted by atomic mass is 10.0. The van der Waals surface area contributed by atoms with E-state index in [0.717, 1.165) is 35.1 Å². The predicted molar refractivity (Wildman–Crippen MR) is 77.6 cm³/mol. The molecule has 92 valence electrons. The van der Waals surface area contributed by atoms with E-state index in [2.05, 4.69) is 35.3 Å². The number of benzene rings is 2. The average Bonchev–Trinajstić information content (AvgIpc) is 3.02. The molecular weight excluding hydrogens is 234 g/mol. The molecule has 2 aromatic carbocycles. The predicted octanol–water partition coefficient (Wildman–Crippen LogP) is 3.87. The average molecular weight is 247 g/mol. The summed E-state index contributed by atoms with van der Waals surface area (Å²) in [6.07, 6.45) is 5.67. The number of aliphatic imine (C=N–C) groups is 1. The molecule has 2 nitrogen and oxygen atoms in total. The molecule has 0 saturated heterocycles. The van der Waals surface area contributed by atoms with Crippen LogP contribution in [0.25, 0.3) is 11.1 Å². The van der Waals surface area contributed by atoms with Crippen LogP contribution in [0.3, 0.4) is 0 Å². The smallest absolute Gasteiger partial charge is 0.150 e. The highest BCUT2D eigenvalue weighted by Crippen LogP contribution is 2.21. The first-order valence-corrected chi connectivity index (χ1v) is 6.24. The zero-order chi connectivity index (χ0) is 13.1. The fourth-order valence-corrected chi connectivity index (χ4v) is 2.20. The number of rotatable bonds is 3. The number of hydrogen-bond acceptors (Lipinski definition) is 2. The Morgan fingerprint density at radius 1 is 0.947 bits per heavy atom. The summed E-state index contributed by atoms with van der Waals surface area (Å²) >= 11 is 0. The van der Waals surface area contributed by atoms with Gasteiger partial charge in [0.1, 0.15) is 6.29 Å². The highest BCUT2D eigenvalue weighted by Gasteiger charge is 2.05. The van der Waals surface area contributed by atoms with Gasteiger partial charge in [-0.15, -0.1) is 0 Å². The van der Waals surface area contributed by atoms with Crippen LogP contribution in [0.1, 0.15) is 22.3 Å². The molecule has 0 aromatic heterocycles. The topological polar surface area (TPSA) is 29.4 Å². The van der Waals surface area contributed by atoms with Gasteiger partial charge in [-0.2, -0.15) is 0 Å². The Morgan fingerprint density at radius 2 is 1.74 bits per heavy atom. The molecule has 0 fully saturated rings. The molecule has 0 atom stereocenters. The van der Waals surface area contributed by atoms with Crippen molar-refractivity contribution in [3.8, 4) is 11.1 Å². The van der Waals surface area contributed by atoms with Crippen molar-refractivity contribution in [1.82, 2.24) is 0 Å². The molecule has 0 unspecified atom stereocenters. The third kappa shape index (κ3) is 2.38. The van der Waals surface area contributed by atoms with Crippen LogP contribution >= 0.6 is 0 Å². The Bertz CT molecular complexity index is 666. The molecule has 0 bridgehead atoms. The largest absolute Gasteiger partial charge is 0.298 e. The van der Waals surface area contributed by atoms with Gasteiger partial charge in [0.2, 0.25) is 0 Å². The van der Waals surface area contributed by atoms with Crippen molar-refractivity contribution in [1.29, 1.82) is 0 Å². The van der Waals surface area contributed by atoms with E-state index in [0.29, 0.717) is 5.56 Å². The van der Waals surface area contributed by atoms with E-state index in [4.69, 9.17) is 0 Å². The zero-order valence-corrected chi connectivity index (χ0v) is 10.4. The fourth-order valence-electron chi connectivity index (χ4n) is 2.20. The number of carbonyl (C=O) groups excluding carboxylic acids is 1. The minimum Gasteiger partial charge on any atom is -0.298 e. The quantitative estimate of drug-likeness (QED) is 0.757. The van der Waals surface area contributed by atoms with E-state index in [9.17, 15) is 4.79 Å². The van der Waals surface area contributed by atoms with Crippen molar-refractivity contribution in [2.75, 3.05) is 0 Å². The van der Waals surface area contributed by atoms with Gasteiger partial charge in [-0.1, -0.05) is 48.5 Å². The van der Waals surface area contributed by atoms with E-state index < -0.39 is 0 Å². The third-order valence-electron chi connectivity index (χ3n) is 3.22. The summed E-state index contributed by atoms with van der Waals surface area (Å²) in [6, 6.07) is 15.9. The van der Waals surface area contributed by atoms with E-state index >= 15 is 0 Å². The molecule has 0 aliphatic carbocycles. The summed E-state index contributed by atoms with van der Waals surface area (Å²) in [5.74, 6) is 0. The first kappa shape index (κ1) is 11.6. The molecule has 1 heterocycles. The maximum Gasteiger partial charge on any atom is 0.150 e. The van der Waals surface area contributed by atoms with Crippen LogP contribution in [-0.2, 0) is 0 Å². The number of allylic oxidation sites excluding steroid dienone is 1. The normalized spacial score (nSPS) is 13.4. The van der Waals surface area contributed by atoms with Crippen molar-refractivity contribution < 1.29 is 4.79 Å². The highest BCUT2D eigenvalue weighted by molar-refractivity contribution is 6.03. The van der Waals surface area contributed by atoms with Gasteiger partial charge in [0.25, 0.3) is 0 Å². The number of carbonyl (C=O) groups is 1. The van der Waals surface area contributed by atoms with Gasteiger partial charge in [0.05, 0.1) is 5.71 Å². The number of aldehydes is 1. The van der Waals surface area contributed by atoms with Crippen molar-refractivity contribution in [3.63, 3.8) is 0 Å². The minimum absolute atomic E-state index is 0.700. The Labute approximate surface area is 112 Å². The van der Waals surface area contributed by atoms with Gasteiger partial charge in [0.15, 0.2) is 0 Å². The van der Waals surface area contributed by atoms with E-state index in [1.807, 2.05) is 30.5 Å². The minimum atomic E-state index is 0.700. The maximum absolute atomic E-state index is 10.8. The number of nitrogens with zero attached hydrogens (tertiary/aromatic N) is 1. The van der Waals surface area contributed by atoms with Crippen molar-refractivity contribution in [3.05, 3.63) is 71.9 Å². The zero-order valence-electron chi connectivity index (χ0n) is 10.4. The van der Waals surface area contributed by atoms with Crippen LogP contribution in [0.2, 0.25) is 0 Å². The molecule has 1 aliphatic rings. The van der Waals surface area contributed by atoms with Crippen LogP contribution in [0.4, 0.5) is 0 Å². The van der Waals surface area contributed by atoms with Gasteiger partial charge >= 0.3 is 0 Å². The Balaban J connectivity index is 1.91. The Morgan fingerprint density at radius 3 is 2.42 bits per heavy atom. The lowest BCUT2D eigenvalue weighted by Crippen LogP contribution is -1.95. The van der Waals surface area contributed by atoms with Crippen molar-refractivity contribution in [2.45, 2.75) is 6.42 Å². The lowest BCUT2D eigenvalue weighted by Gasteiger charge is -2.05. The van der Waals surface area contributed by atoms with Gasteiger partial charge in [0, 0.05) is 18.2 Å². The first-order chi connectivity index (χ1) is 9.36. The monoisotopic (exact) mass is 247 g/mol. The summed E-state index contributed by atoms with van der Waals surface area (Å²) in [6.45, 7) is 0. The van der Waals surface area contributed by atoms with Crippen LogP contribution in [0.5, 0.6) is 0 Å².